The van der Waals surface area contributed by atoms with E-state index in [-0.39, 0.29) is 12.4 Å². The first kappa shape index (κ1) is 18.7. The van der Waals surface area contributed by atoms with Gasteiger partial charge in [-0.05, 0) is 40.5 Å². The van der Waals surface area contributed by atoms with Crippen LogP contribution in [0.1, 0.15) is 34.1 Å². The van der Waals surface area contributed by atoms with Crippen LogP contribution in [-0.4, -0.2) is 22.7 Å². The number of aryl methyl sites for hydroxylation is 1. The molecule has 0 saturated carbocycles. The van der Waals surface area contributed by atoms with Gasteiger partial charge in [0.25, 0.3) is 0 Å². The Bertz CT molecular complexity index is 870. The zero-order valence-electron chi connectivity index (χ0n) is 13.4. The Morgan fingerprint density at radius 3 is 2.85 bits per heavy atom. The Morgan fingerprint density at radius 2 is 2.19 bits per heavy atom. The van der Waals surface area contributed by atoms with Gasteiger partial charge in [0.15, 0.2) is 6.61 Å². The van der Waals surface area contributed by atoms with Crippen molar-refractivity contribution < 1.29 is 32.5 Å². The number of pyridine rings is 1. The SMILES string of the molecule is Cc1nc(Br)c2c(c1OCC(=O)O)COC2c1cccc(C(F)(F)F)c1. The Hall–Kier alpha value is -2.13. The molecule has 0 aliphatic carbocycles. The third-order valence-corrected chi connectivity index (χ3v) is 4.53. The van der Waals surface area contributed by atoms with E-state index in [0.29, 0.717) is 27.0 Å². The molecule has 9 heteroatoms. The highest BCUT2D eigenvalue weighted by atomic mass is 79.9. The van der Waals surface area contributed by atoms with E-state index in [2.05, 4.69) is 20.9 Å². The van der Waals surface area contributed by atoms with Crippen molar-refractivity contribution in [2.75, 3.05) is 6.61 Å². The number of nitrogens with zero attached hydrogens (tertiary/aromatic N) is 1. The first-order valence-corrected chi connectivity index (χ1v) is 8.30. The number of halogens is 4. The van der Waals surface area contributed by atoms with Crippen LogP contribution in [0.3, 0.4) is 0 Å². The molecule has 1 N–H and O–H groups in total. The number of ether oxygens (including phenoxy) is 2. The maximum atomic E-state index is 13.0. The standard InChI is InChI=1S/C17H13BrF3NO4/c1-8-14(26-7-12(23)24)11-6-25-15(13(11)16(18)22-8)9-3-2-4-10(5-9)17(19,20)21/h2-5,15H,6-7H2,1H3,(H,23,24). The number of alkyl halides is 3. The van der Waals surface area contributed by atoms with Crippen molar-refractivity contribution in [3.05, 3.63) is 56.8 Å². The van der Waals surface area contributed by atoms with E-state index >= 15 is 0 Å². The van der Waals surface area contributed by atoms with Gasteiger partial charge in [0.2, 0.25) is 0 Å². The average Bonchev–Trinajstić information content (AvgIpc) is 2.99. The molecule has 1 aliphatic heterocycles. The molecule has 2 heterocycles. The number of hydrogen-bond acceptors (Lipinski definition) is 4. The predicted molar refractivity (Wildman–Crippen MR) is 87.9 cm³/mol. The van der Waals surface area contributed by atoms with Crippen molar-refractivity contribution in [2.24, 2.45) is 0 Å². The van der Waals surface area contributed by atoms with Crippen LogP contribution in [-0.2, 0) is 22.3 Å². The molecule has 26 heavy (non-hydrogen) atoms. The lowest BCUT2D eigenvalue weighted by atomic mass is 9.98. The van der Waals surface area contributed by atoms with E-state index in [1.54, 1.807) is 13.0 Å². The second-order valence-electron chi connectivity index (χ2n) is 5.71. The van der Waals surface area contributed by atoms with Crippen LogP contribution in [0.15, 0.2) is 28.9 Å². The Morgan fingerprint density at radius 1 is 1.46 bits per heavy atom. The Balaban J connectivity index is 2.04. The van der Waals surface area contributed by atoms with E-state index in [1.807, 2.05) is 0 Å². The number of carboxylic acids is 1. The van der Waals surface area contributed by atoms with Crippen LogP contribution >= 0.6 is 15.9 Å². The van der Waals surface area contributed by atoms with E-state index in [1.165, 1.54) is 6.07 Å². The van der Waals surface area contributed by atoms with Crippen molar-refractivity contribution in [2.45, 2.75) is 25.8 Å². The number of fused-ring (bicyclic) bond motifs is 1. The number of carboxylic acid groups (broad SMARTS) is 1. The lowest BCUT2D eigenvalue weighted by molar-refractivity contribution is -0.139. The van der Waals surface area contributed by atoms with E-state index in [9.17, 15) is 18.0 Å². The summed E-state index contributed by atoms with van der Waals surface area (Å²) in [5.74, 6) is -0.866. The molecule has 0 fully saturated rings. The molecule has 1 aromatic heterocycles. The number of rotatable bonds is 4. The van der Waals surface area contributed by atoms with Gasteiger partial charge < -0.3 is 14.6 Å². The maximum absolute atomic E-state index is 13.0. The second kappa shape index (κ2) is 6.88. The molecule has 1 aromatic carbocycles. The molecule has 0 spiro atoms. The van der Waals surface area contributed by atoms with Crippen molar-refractivity contribution in [1.29, 1.82) is 0 Å². The van der Waals surface area contributed by atoms with Gasteiger partial charge in [-0.2, -0.15) is 13.2 Å². The molecule has 0 saturated heterocycles. The van der Waals surface area contributed by atoms with Gasteiger partial charge in [0.1, 0.15) is 16.5 Å². The van der Waals surface area contributed by atoms with Crippen LogP contribution < -0.4 is 4.74 Å². The molecule has 5 nitrogen and oxygen atoms in total. The summed E-state index contributed by atoms with van der Waals surface area (Å²) in [5, 5.41) is 8.81. The summed E-state index contributed by atoms with van der Waals surface area (Å²) in [7, 11) is 0. The number of aromatic nitrogens is 1. The molecule has 1 atom stereocenters. The van der Waals surface area contributed by atoms with Gasteiger partial charge in [-0.3, -0.25) is 0 Å². The number of carbonyl (C=O) groups is 1. The summed E-state index contributed by atoms with van der Waals surface area (Å²) in [6, 6.07) is 4.88. The number of aliphatic carboxylic acids is 1. The summed E-state index contributed by atoms with van der Waals surface area (Å²) in [6.07, 6.45) is -5.22. The van der Waals surface area contributed by atoms with E-state index < -0.39 is 30.4 Å². The van der Waals surface area contributed by atoms with Gasteiger partial charge in [-0.15, -0.1) is 0 Å². The summed E-state index contributed by atoms with van der Waals surface area (Å²) in [4.78, 5) is 15.0. The minimum atomic E-state index is -4.46. The van der Waals surface area contributed by atoms with Crippen molar-refractivity contribution in [3.8, 4) is 5.75 Å². The summed E-state index contributed by atoms with van der Waals surface area (Å²) >= 11 is 3.32. The van der Waals surface area contributed by atoms with Crippen molar-refractivity contribution in [1.82, 2.24) is 4.98 Å². The predicted octanol–water partition coefficient (Wildman–Crippen LogP) is 4.25. The zero-order valence-corrected chi connectivity index (χ0v) is 15.0. The fourth-order valence-electron chi connectivity index (χ4n) is 2.85. The lowest BCUT2D eigenvalue weighted by Crippen LogP contribution is -2.12. The van der Waals surface area contributed by atoms with E-state index in [4.69, 9.17) is 14.6 Å². The lowest BCUT2D eigenvalue weighted by Gasteiger charge is -2.16. The molecular formula is C17H13BrF3NO4. The highest BCUT2D eigenvalue weighted by molar-refractivity contribution is 9.10. The molecular weight excluding hydrogens is 419 g/mol. The third-order valence-electron chi connectivity index (χ3n) is 3.93. The molecule has 0 amide bonds. The van der Waals surface area contributed by atoms with Gasteiger partial charge in [-0.1, -0.05) is 12.1 Å². The highest BCUT2D eigenvalue weighted by Crippen LogP contribution is 2.45. The minimum absolute atomic E-state index is 0.0765. The topological polar surface area (TPSA) is 68.7 Å². The molecule has 0 radical (unpaired) electrons. The molecule has 0 bridgehead atoms. The van der Waals surface area contributed by atoms with Crippen LogP contribution in [0.25, 0.3) is 0 Å². The van der Waals surface area contributed by atoms with Crippen LogP contribution in [0.2, 0.25) is 0 Å². The quantitative estimate of drug-likeness (QED) is 0.732. The molecule has 1 unspecified atom stereocenters. The van der Waals surface area contributed by atoms with Crippen molar-refractivity contribution in [3.63, 3.8) is 0 Å². The smallest absolute Gasteiger partial charge is 0.416 e. The summed E-state index contributed by atoms with van der Waals surface area (Å²) in [5.41, 5.74) is 1.13. The first-order valence-electron chi connectivity index (χ1n) is 7.50. The first-order chi connectivity index (χ1) is 12.2. The largest absolute Gasteiger partial charge is 0.480 e. The number of benzene rings is 1. The van der Waals surface area contributed by atoms with Crippen LogP contribution in [0, 0.1) is 6.92 Å². The Labute approximate surface area is 154 Å². The fourth-order valence-corrected chi connectivity index (χ4v) is 3.56. The molecule has 2 aromatic rings. The van der Waals surface area contributed by atoms with Crippen LogP contribution in [0.5, 0.6) is 5.75 Å². The summed E-state index contributed by atoms with van der Waals surface area (Å²) < 4.78 is 50.4. The highest BCUT2D eigenvalue weighted by Gasteiger charge is 2.35. The maximum Gasteiger partial charge on any atom is 0.416 e. The summed E-state index contributed by atoms with van der Waals surface area (Å²) in [6.45, 7) is 1.18. The third kappa shape index (κ3) is 3.54. The Kier molecular flexibility index (Phi) is 4.94. The van der Waals surface area contributed by atoms with Crippen molar-refractivity contribution >= 4 is 21.9 Å². The van der Waals surface area contributed by atoms with Gasteiger partial charge in [0.05, 0.1) is 17.9 Å². The number of hydrogen-bond donors (Lipinski definition) is 1. The van der Waals surface area contributed by atoms with Gasteiger partial charge >= 0.3 is 12.1 Å². The second-order valence-corrected chi connectivity index (χ2v) is 6.46. The van der Waals surface area contributed by atoms with Gasteiger partial charge in [-0.25, -0.2) is 9.78 Å². The minimum Gasteiger partial charge on any atom is -0.480 e. The monoisotopic (exact) mass is 431 g/mol. The molecule has 138 valence electrons. The normalized spacial score (nSPS) is 16.4. The molecule has 3 rings (SSSR count). The fraction of sp³-hybridized carbons (Fsp3) is 0.294. The molecule has 1 aliphatic rings. The van der Waals surface area contributed by atoms with Gasteiger partial charge in [0, 0.05) is 11.1 Å². The van der Waals surface area contributed by atoms with Crippen LogP contribution in [0.4, 0.5) is 13.2 Å². The van der Waals surface area contributed by atoms with E-state index in [0.717, 1.165) is 12.1 Å². The zero-order chi connectivity index (χ0) is 19.1. The average molecular weight is 432 g/mol.